The van der Waals surface area contributed by atoms with Gasteiger partial charge in [0.2, 0.25) is 0 Å². The van der Waals surface area contributed by atoms with Crippen molar-refractivity contribution < 1.29 is 4.74 Å². The van der Waals surface area contributed by atoms with Crippen molar-refractivity contribution in [2.75, 3.05) is 26.2 Å². The van der Waals surface area contributed by atoms with E-state index in [1.807, 2.05) is 24.3 Å². The average molecular weight is 327 g/mol. The molecule has 1 aliphatic heterocycles. The second-order valence-corrected chi connectivity index (χ2v) is 6.39. The molecule has 0 aliphatic carbocycles. The second kappa shape index (κ2) is 8.11. The molecule has 1 saturated heterocycles. The van der Waals surface area contributed by atoms with Crippen molar-refractivity contribution in [2.24, 2.45) is 0 Å². The molecule has 1 fully saturated rings. The number of ether oxygens (including phenoxy) is 1. The predicted molar refractivity (Wildman–Crippen MR) is 95.4 cm³/mol. The number of benzene rings is 1. The quantitative estimate of drug-likeness (QED) is 0.829. The first-order valence-corrected chi connectivity index (χ1v) is 8.74. The molecular formula is C19H25N3O2. The summed E-state index contributed by atoms with van der Waals surface area (Å²) < 4.78 is 5.83. The van der Waals surface area contributed by atoms with E-state index >= 15 is 0 Å². The lowest BCUT2D eigenvalue weighted by atomic mass is 10.1. The molecule has 0 bridgehead atoms. The Hall–Kier alpha value is -2.14. The number of hydrogen-bond acceptors (Lipinski definition) is 4. The lowest BCUT2D eigenvalue weighted by Crippen LogP contribution is -2.31. The van der Waals surface area contributed by atoms with Gasteiger partial charge in [0.15, 0.2) is 0 Å². The predicted octanol–water partition coefficient (Wildman–Crippen LogP) is 3.00. The summed E-state index contributed by atoms with van der Waals surface area (Å²) in [4.78, 5) is 13.9. The number of nitrogens with zero attached hydrogens (tertiary/aromatic N) is 2. The van der Waals surface area contributed by atoms with Gasteiger partial charge in [0.25, 0.3) is 5.56 Å². The number of nitrogens with one attached hydrogen (secondary N) is 1. The van der Waals surface area contributed by atoms with Crippen molar-refractivity contribution >= 4 is 0 Å². The monoisotopic (exact) mass is 327 g/mol. The van der Waals surface area contributed by atoms with Crippen LogP contribution < -0.4 is 10.3 Å². The van der Waals surface area contributed by atoms with Crippen LogP contribution in [0.4, 0.5) is 0 Å². The minimum Gasteiger partial charge on any atom is -0.494 e. The molecule has 24 heavy (non-hydrogen) atoms. The normalized spacial score (nSPS) is 15.4. The van der Waals surface area contributed by atoms with E-state index in [1.54, 1.807) is 13.0 Å². The van der Waals surface area contributed by atoms with Gasteiger partial charge in [-0.05, 0) is 69.6 Å². The molecule has 1 aliphatic rings. The molecule has 128 valence electrons. The summed E-state index contributed by atoms with van der Waals surface area (Å²) in [6, 6.07) is 9.66. The summed E-state index contributed by atoms with van der Waals surface area (Å²) in [5.41, 5.74) is 2.25. The number of aryl methyl sites for hydroxylation is 1. The fraction of sp³-hybridized carbons (Fsp3) is 0.474. The Labute approximate surface area is 142 Å². The van der Waals surface area contributed by atoms with E-state index in [1.165, 1.54) is 32.4 Å². The van der Waals surface area contributed by atoms with Gasteiger partial charge in [-0.2, -0.15) is 5.10 Å². The van der Waals surface area contributed by atoms with Crippen LogP contribution in [0.2, 0.25) is 0 Å². The molecule has 0 radical (unpaired) electrons. The van der Waals surface area contributed by atoms with Crippen LogP contribution in [0.25, 0.3) is 11.3 Å². The van der Waals surface area contributed by atoms with Crippen LogP contribution in [0.3, 0.4) is 0 Å². The van der Waals surface area contributed by atoms with Crippen LogP contribution >= 0.6 is 0 Å². The molecule has 2 aromatic rings. The Bertz CT molecular complexity index is 703. The van der Waals surface area contributed by atoms with Crippen molar-refractivity contribution in [3.05, 3.63) is 46.2 Å². The van der Waals surface area contributed by atoms with E-state index in [0.717, 1.165) is 36.6 Å². The highest BCUT2D eigenvalue weighted by Gasteiger charge is 2.09. The maximum atomic E-state index is 11.4. The third-order valence-corrected chi connectivity index (χ3v) is 4.48. The first-order chi connectivity index (χ1) is 11.7. The largest absolute Gasteiger partial charge is 0.494 e. The summed E-state index contributed by atoms with van der Waals surface area (Å²) >= 11 is 0. The summed E-state index contributed by atoms with van der Waals surface area (Å²) in [7, 11) is 0. The lowest BCUT2D eigenvalue weighted by molar-refractivity contribution is 0.205. The highest BCUT2D eigenvalue weighted by atomic mass is 16.5. The van der Waals surface area contributed by atoms with Gasteiger partial charge in [-0.1, -0.05) is 6.42 Å². The zero-order valence-electron chi connectivity index (χ0n) is 14.3. The van der Waals surface area contributed by atoms with Crippen LogP contribution in [-0.2, 0) is 0 Å². The first-order valence-electron chi connectivity index (χ1n) is 8.74. The zero-order chi connectivity index (χ0) is 16.8. The molecule has 0 unspecified atom stereocenters. The number of H-pyrrole nitrogens is 1. The Morgan fingerprint density at radius 2 is 1.92 bits per heavy atom. The molecule has 0 saturated carbocycles. The van der Waals surface area contributed by atoms with Crippen molar-refractivity contribution in [3.8, 4) is 17.0 Å². The molecule has 1 aromatic carbocycles. The molecule has 0 spiro atoms. The zero-order valence-corrected chi connectivity index (χ0v) is 14.3. The number of piperidine rings is 1. The molecule has 2 heterocycles. The number of rotatable bonds is 6. The molecule has 3 rings (SSSR count). The van der Waals surface area contributed by atoms with Crippen LogP contribution in [0.1, 0.15) is 31.2 Å². The Kier molecular flexibility index (Phi) is 5.64. The smallest absolute Gasteiger partial charge is 0.267 e. The molecular weight excluding hydrogens is 302 g/mol. The van der Waals surface area contributed by atoms with Crippen LogP contribution in [0, 0.1) is 6.92 Å². The maximum Gasteiger partial charge on any atom is 0.267 e. The Morgan fingerprint density at radius 1 is 1.17 bits per heavy atom. The standard InChI is InChI=1S/C19H25N3O2/c1-15-14-18(20-21-19(15)23)16-6-8-17(9-7-16)24-13-5-12-22-10-3-2-4-11-22/h6-9,14H,2-5,10-13H2,1H3,(H,21,23). The third kappa shape index (κ3) is 4.45. The highest BCUT2D eigenvalue weighted by Crippen LogP contribution is 2.20. The number of likely N-dealkylation sites (tertiary alicyclic amines) is 1. The van der Waals surface area contributed by atoms with Crippen LogP contribution in [0.15, 0.2) is 35.1 Å². The molecule has 1 aromatic heterocycles. The van der Waals surface area contributed by atoms with E-state index in [2.05, 4.69) is 15.1 Å². The van der Waals surface area contributed by atoms with Gasteiger partial charge < -0.3 is 9.64 Å². The van der Waals surface area contributed by atoms with Crippen LogP contribution in [-0.4, -0.2) is 41.3 Å². The number of hydrogen-bond donors (Lipinski definition) is 1. The van der Waals surface area contributed by atoms with Gasteiger partial charge in [0.05, 0.1) is 12.3 Å². The van der Waals surface area contributed by atoms with E-state index in [9.17, 15) is 4.79 Å². The molecule has 0 atom stereocenters. The fourth-order valence-electron chi connectivity index (χ4n) is 3.03. The van der Waals surface area contributed by atoms with E-state index in [-0.39, 0.29) is 5.56 Å². The SMILES string of the molecule is Cc1cc(-c2ccc(OCCCN3CCCCC3)cc2)n[nH]c1=O. The van der Waals surface area contributed by atoms with Crippen molar-refractivity contribution in [1.29, 1.82) is 0 Å². The van der Waals surface area contributed by atoms with Gasteiger partial charge >= 0.3 is 0 Å². The highest BCUT2D eigenvalue weighted by molar-refractivity contribution is 5.59. The van der Waals surface area contributed by atoms with Gasteiger partial charge in [-0.25, -0.2) is 5.10 Å². The molecule has 1 N–H and O–H groups in total. The van der Waals surface area contributed by atoms with Crippen molar-refractivity contribution in [2.45, 2.75) is 32.6 Å². The minimum atomic E-state index is -0.146. The van der Waals surface area contributed by atoms with Gasteiger partial charge in [-0.3, -0.25) is 4.79 Å². The van der Waals surface area contributed by atoms with Gasteiger partial charge in [0, 0.05) is 17.7 Å². The molecule has 5 heteroatoms. The Morgan fingerprint density at radius 3 is 2.62 bits per heavy atom. The van der Waals surface area contributed by atoms with E-state index in [0.29, 0.717) is 5.56 Å². The minimum absolute atomic E-state index is 0.146. The maximum absolute atomic E-state index is 11.4. The number of aromatic nitrogens is 2. The average Bonchev–Trinajstić information content (AvgIpc) is 2.62. The van der Waals surface area contributed by atoms with E-state index in [4.69, 9.17) is 4.74 Å². The summed E-state index contributed by atoms with van der Waals surface area (Å²) in [6.07, 6.45) is 5.10. The summed E-state index contributed by atoms with van der Waals surface area (Å²) in [6.45, 7) is 6.12. The molecule has 5 nitrogen and oxygen atoms in total. The third-order valence-electron chi connectivity index (χ3n) is 4.48. The number of aromatic amines is 1. The van der Waals surface area contributed by atoms with Crippen LogP contribution in [0.5, 0.6) is 5.75 Å². The second-order valence-electron chi connectivity index (χ2n) is 6.39. The molecule has 0 amide bonds. The van der Waals surface area contributed by atoms with E-state index < -0.39 is 0 Å². The summed E-state index contributed by atoms with van der Waals surface area (Å²) in [5.74, 6) is 0.874. The Balaban J connectivity index is 1.49. The first kappa shape index (κ1) is 16.7. The van der Waals surface area contributed by atoms with Crippen molar-refractivity contribution in [1.82, 2.24) is 15.1 Å². The lowest BCUT2D eigenvalue weighted by Gasteiger charge is -2.26. The topological polar surface area (TPSA) is 58.2 Å². The summed E-state index contributed by atoms with van der Waals surface area (Å²) in [5, 5.41) is 6.60. The fourth-order valence-corrected chi connectivity index (χ4v) is 3.03. The van der Waals surface area contributed by atoms with Gasteiger partial charge in [-0.15, -0.1) is 0 Å². The van der Waals surface area contributed by atoms with Crippen molar-refractivity contribution in [3.63, 3.8) is 0 Å². The van der Waals surface area contributed by atoms with Gasteiger partial charge in [0.1, 0.15) is 5.75 Å².